The zero-order valence-electron chi connectivity index (χ0n) is 15.7. The molecule has 0 radical (unpaired) electrons. The van der Waals surface area contributed by atoms with Crippen LogP contribution in [0, 0.1) is 5.82 Å². The minimum atomic E-state index is -3.96. The van der Waals surface area contributed by atoms with Crippen molar-refractivity contribution in [3.05, 3.63) is 54.3 Å². The van der Waals surface area contributed by atoms with Crippen molar-refractivity contribution in [1.82, 2.24) is 4.98 Å². The van der Waals surface area contributed by atoms with Crippen LogP contribution in [-0.2, 0) is 14.6 Å². The number of hydrogen-bond donors (Lipinski definition) is 0. The zero-order valence-corrected chi connectivity index (χ0v) is 16.5. The fourth-order valence-electron chi connectivity index (χ4n) is 3.02. The third-order valence-electron chi connectivity index (χ3n) is 4.59. The van der Waals surface area contributed by atoms with Crippen LogP contribution in [0.2, 0.25) is 0 Å². The molecule has 1 aliphatic heterocycles. The average Bonchev–Trinajstić information content (AvgIpc) is 3.21. The zero-order chi connectivity index (χ0) is 20.4. The van der Waals surface area contributed by atoms with Gasteiger partial charge in [0.15, 0.2) is 0 Å². The molecule has 0 saturated carbocycles. The number of aromatic nitrogens is 1. The van der Waals surface area contributed by atoms with Crippen LogP contribution in [-0.4, -0.2) is 46.8 Å². The second kappa shape index (κ2) is 7.84. The molecule has 152 valence electrons. The van der Waals surface area contributed by atoms with E-state index in [4.69, 9.17) is 13.9 Å². The van der Waals surface area contributed by atoms with Crippen LogP contribution in [0.3, 0.4) is 0 Å². The van der Waals surface area contributed by atoms with Gasteiger partial charge in [0.05, 0.1) is 25.2 Å². The predicted molar refractivity (Wildman–Crippen MR) is 103 cm³/mol. The number of benzene rings is 2. The van der Waals surface area contributed by atoms with Gasteiger partial charge in [-0.15, -0.1) is 0 Å². The SMILES string of the molecule is COc1ccc(S(=O)(=O)c2nc(-c3ccc(F)cc3)oc2N2CCOCC2)cc1. The Bertz CT molecular complexity index is 1090. The second-order valence-corrected chi connectivity index (χ2v) is 8.28. The van der Waals surface area contributed by atoms with Crippen molar-refractivity contribution in [2.24, 2.45) is 0 Å². The van der Waals surface area contributed by atoms with Crippen LogP contribution in [0.25, 0.3) is 11.5 Å². The molecule has 4 rings (SSSR count). The number of sulfone groups is 1. The maximum Gasteiger partial charge on any atom is 0.236 e. The Kier molecular flexibility index (Phi) is 5.25. The molecular formula is C20H19FN2O5S. The van der Waals surface area contributed by atoms with E-state index in [2.05, 4.69) is 4.98 Å². The Morgan fingerprint density at radius 2 is 1.69 bits per heavy atom. The van der Waals surface area contributed by atoms with E-state index in [0.717, 1.165) is 0 Å². The highest BCUT2D eigenvalue weighted by Gasteiger charge is 2.32. The first kappa shape index (κ1) is 19.4. The molecule has 0 amide bonds. The summed E-state index contributed by atoms with van der Waals surface area (Å²) >= 11 is 0. The molecule has 1 aliphatic rings. The molecule has 0 aliphatic carbocycles. The lowest BCUT2D eigenvalue weighted by Gasteiger charge is -2.26. The summed E-state index contributed by atoms with van der Waals surface area (Å²) in [5.74, 6) is 0.409. The molecule has 0 spiro atoms. The lowest BCUT2D eigenvalue weighted by Crippen LogP contribution is -2.36. The summed E-state index contributed by atoms with van der Waals surface area (Å²) in [5.41, 5.74) is 0.483. The molecule has 0 N–H and O–H groups in total. The van der Waals surface area contributed by atoms with Crippen LogP contribution < -0.4 is 9.64 Å². The van der Waals surface area contributed by atoms with Gasteiger partial charge >= 0.3 is 0 Å². The number of ether oxygens (including phenoxy) is 2. The van der Waals surface area contributed by atoms with Gasteiger partial charge in [0.2, 0.25) is 26.6 Å². The van der Waals surface area contributed by atoms with Gasteiger partial charge in [-0.05, 0) is 48.5 Å². The Morgan fingerprint density at radius 1 is 1.03 bits per heavy atom. The molecule has 9 heteroatoms. The molecule has 1 aromatic heterocycles. The molecule has 7 nitrogen and oxygen atoms in total. The highest BCUT2D eigenvalue weighted by atomic mass is 32.2. The number of oxazole rings is 1. The number of hydrogen-bond acceptors (Lipinski definition) is 7. The number of halogens is 1. The normalized spacial score (nSPS) is 14.8. The van der Waals surface area contributed by atoms with Gasteiger partial charge in [-0.2, -0.15) is 4.98 Å². The first-order chi connectivity index (χ1) is 14.0. The quantitative estimate of drug-likeness (QED) is 0.629. The standard InChI is InChI=1S/C20H19FN2O5S/c1-26-16-6-8-17(9-7-16)29(24,25)19-20(23-10-12-27-13-11-23)28-18(22-19)14-2-4-15(21)5-3-14/h2-9H,10-13H2,1H3. The van der Waals surface area contributed by atoms with E-state index in [0.29, 0.717) is 37.6 Å². The van der Waals surface area contributed by atoms with E-state index in [1.54, 1.807) is 17.0 Å². The van der Waals surface area contributed by atoms with Crippen LogP contribution >= 0.6 is 0 Å². The highest BCUT2D eigenvalue weighted by Crippen LogP contribution is 2.35. The topological polar surface area (TPSA) is 81.9 Å². The van der Waals surface area contributed by atoms with Crippen molar-refractivity contribution in [2.45, 2.75) is 9.92 Å². The summed E-state index contributed by atoms with van der Waals surface area (Å²) < 4.78 is 56.2. The van der Waals surface area contributed by atoms with Crippen molar-refractivity contribution < 1.29 is 26.7 Å². The third-order valence-corrected chi connectivity index (χ3v) is 6.26. The van der Waals surface area contributed by atoms with Crippen molar-refractivity contribution in [1.29, 1.82) is 0 Å². The third kappa shape index (κ3) is 3.83. The number of methoxy groups -OCH3 is 1. The maximum absolute atomic E-state index is 13.3. The van der Waals surface area contributed by atoms with E-state index in [-0.39, 0.29) is 21.7 Å². The van der Waals surface area contributed by atoms with Crippen LogP contribution in [0.1, 0.15) is 0 Å². The van der Waals surface area contributed by atoms with Gasteiger partial charge in [0, 0.05) is 18.7 Å². The van der Waals surface area contributed by atoms with Gasteiger partial charge in [0.1, 0.15) is 11.6 Å². The molecule has 1 fully saturated rings. The number of anilines is 1. The predicted octanol–water partition coefficient (Wildman–Crippen LogP) is 3.16. The Morgan fingerprint density at radius 3 is 2.31 bits per heavy atom. The molecule has 2 heterocycles. The summed E-state index contributed by atoms with van der Waals surface area (Å²) in [5, 5.41) is -0.177. The van der Waals surface area contributed by atoms with Crippen molar-refractivity contribution in [3.8, 4) is 17.2 Å². The van der Waals surface area contributed by atoms with Crippen LogP contribution in [0.5, 0.6) is 5.75 Å². The monoisotopic (exact) mass is 418 g/mol. The number of rotatable bonds is 5. The Balaban J connectivity index is 1.82. The minimum absolute atomic E-state index is 0.0757. The number of nitrogens with zero attached hydrogens (tertiary/aromatic N) is 2. The maximum atomic E-state index is 13.3. The van der Waals surface area contributed by atoms with Gasteiger partial charge in [-0.25, -0.2) is 12.8 Å². The van der Waals surface area contributed by atoms with Gasteiger partial charge in [-0.3, -0.25) is 0 Å². The second-order valence-electron chi connectivity index (χ2n) is 6.41. The smallest absolute Gasteiger partial charge is 0.236 e. The molecule has 3 aromatic rings. The van der Waals surface area contributed by atoms with E-state index in [9.17, 15) is 12.8 Å². The summed E-state index contributed by atoms with van der Waals surface area (Å²) in [4.78, 5) is 6.15. The fourth-order valence-corrected chi connectivity index (χ4v) is 4.34. The summed E-state index contributed by atoms with van der Waals surface area (Å²) in [6.07, 6.45) is 0. The first-order valence-electron chi connectivity index (χ1n) is 8.97. The molecule has 0 atom stereocenters. The molecule has 0 unspecified atom stereocenters. The molecule has 1 saturated heterocycles. The Labute approximate surface area is 167 Å². The molecule has 29 heavy (non-hydrogen) atoms. The van der Waals surface area contributed by atoms with Gasteiger partial charge in [0.25, 0.3) is 0 Å². The van der Waals surface area contributed by atoms with E-state index >= 15 is 0 Å². The molecular weight excluding hydrogens is 399 g/mol. The van der Waals surface area contributed by atoms with Gasteiger partial charge in [-0.1, -0.05) is 0 Å². The van der Waals surface area contributed by atoms with Crippen LogP contribution in [0.15, 0.2) is 62.9 Å². The molecule has 0 bridgehead atoms. The summed E-state index contributed by atoms with van der Waals surface area (Å²) in [7, 11) is -2.45. The largest absolute Gasteiger partial charge is 0.497 e. The van der Waals surface area contributed by atoms with E-state index in [1.807, 2.05) is 0 Å². The highest BCUT2D eigenvalue weighted by molar-refractivity contribution is 7.91. The summed E-state index contributed by atoms with van der Waals surface area (Å²) in [6, 6.07) is 11.6. The summed E-state index contributed by atoms with van der Waals surface area (Å²) in [6.45, 7) is 1.86. The lowest BCUT2D eigenvalue weighted by molar-refractivity contribution is 0.120. The van der Waals surface area contributed by atoms with E-state index in [1.165, 1.54) is 43.5 Å². The molecule has 2 aromatic carbocycles. The van der Waals surface area contributed by atoms with Gasteiger partial charge < -0.3 is 18.8 Å². The Hall–Kier alpha value is -2.91. The average molecular weight is 418 g/mol. The van der Waals surface area contributed by atoms with Crippen molar-refractivity contribution >= 4 is 15.7 Å². The van der Waals surface area contributed by atoms with Crippen molar-refractivity contribution in [3.63, 3.8) is 0 Å². The van der Waals surface area contributed by atoms with Crippen LogP contribution in [0.4, 0.5) is 10.3 Å². The lowest BCUT2D eigenvalue weighted by atomic mass is 10.2. The fraction of sp³-hybridized carbons (Fsp3) is 0.250. The minimum Gasteiger partial charge on any atom is -0.497 e. The van der Waals surface area contributed by atoms with Crippen molar-refractivity contribution in [2.75, 3.05) is 38.3 Å². The number of morpholine rings is 1. The first-order valence-corrected chi connectivity index (χ1v) is 10.5. The van der Waals surface area contributed by atoms with E-state index < -0.39 is 15.7 Å².